The first-order chi connectivity index (χ1) is 12.3. The van der Waals surface area contributed by atoms with Gasteiger partial charge in [0.15, 0.2) is 0 Å². The van der Waals surface area contributed by atoms with E-state index in [0.29, 0.717) is 18.4 Å². The van der Waals surface area contributed by atoms with E-state index in [4.69, 9.17) is 23.7 Å². The summed E-state index contributed by atoms with van der Waals surface area (Å²) in [6, 6.07) is 0. The van der Waals surface area contributed by atoms with Gasteiger partial charge in [-0.05, 0) is 32.1 Å². The van der Waals surface area contributed by atoms with Crippen molar-refractivity contribution in [3.8, 4) is 0 Å². The van der Waals surface area contributed by atoms with E-state index < -0.39 is 17.8 Å². The van der Waals surface area contributed by atoms with Crippen LogP contribution >= 0.6 is 0 Å². The topological polar surface area (TPSA) is 83.5 Å². The van der Waals surface area contributed by atoms with E-state index in [0.717, 1.165) is 5.57 Å². The van der Waals surface area contributed by atoms with Crippen molar-refractivity contribution < 1.29 is 33.6 Å². The number of hydrogen-bond donors (Lipinski definition) is 1. The Hall–Kier alpha value is -0.990. The van der Waals surface area contributed by atoms with E-state index in [-0.39, 0.29) is 43.4 Å². The van der Waals surface area contributed by atoms with Crippen LogP contribution in [0.4, 0.5) is 0 Å². The molecule has 3 aliphatic rings. The third-order valence-electron chi connectivity index (χ3n) is 6.42. The third-order valence-corrected chi connectivity index (χ3v) is 6.42. The van der Waals surface area contributed by atoms with E-state index in [1.165, 1.54) is 0 Å². The quantitative estimate of drug-likeness (QED) is 0.562. The molecule has 1 heterocycles. The number of esters is 1. The van der Waals surface area contributed by atoms with Gasteiger partial charge in [0.2, 0.25) is 0 Å². The molecule has 0 saturated heterocycles. The lowest BCUT2D eigenvalue weighted by Gasteiger charge is -2.38. The van der Waals surface area contributed by atoms with Crippen LogP contribution in [0.3, 0.4) is 0 Å². The Balaban J connectivity index is 2.04. The molecule has 148 valence electrons. The zero-order valence-corrected chi connectivity index (χ0v) is 16.2. The molecule has 0 aromatic carbocycles. The Kier molecular flexibility index (Phi) is 5.75. The average Bonchev–Trinajstić information content (AvgIpc) is 3.03. The molecule has 2 fully saturated rings. The lowest BCUT2D eigenvalue weighted by Crippen LogP contribution is -2.43. The average molecular weight is 370 g/mol. The summed E-state index contributed by atoms with van der Waals surface area (Å²) in [4.78, 5) is 12.3. The summed E-state index contributed by atoms with van der Waals surface area (Å²) >= 11 is 0. The van der Waals surface area contributed by atoms with Gasteiger partial charge in [-0.1, -0.05) is 6.92 Å². The van der Waals surface area contributed by atoms with Gasteiger partial charge >= 0.3 is 5.97 Å². The molecule has 2 aliphatic carbocycles. The van der Waals surface area contributed by atoms with Gasteiger partial charge in [0, 0.05) is 37.7 Å². The van der Waals surface area contributed by atoms with Crippen molar-refractivity contribution in [1.82, 2.24) is 0 Å². The van der Waals surface area contributed by atoms with Crippen LogP contribution in [0.5, 0.6) is 0 Å². The molecule has 7 atom stereocenters. The number of aliphatic hydroxyl groups is 1. The fourth-order valence-corrected chi connectivity index (χ4v) is 4.99. The second-order valence-electron chi connectivity index (χ2n) is 7.88. The van der Waals surface area contributed by atoms with Crippen molar-refractivity contribution >= 4 is 5.97 Å². The highest BCUT2D eigenvalue weighted by atomic mass is 16.7. The number of ether oxygens (including phenoxy) is 5. The molecule has 0 unspecified atom stereocenters. The SMILES string of the molecule is COCO[C@H]1C[C@](C)(OCOC)[C@H]2C[C@@H](O)[C@H](C)[C@H]2[C@@H]2OC(=O)C(C)=C12. The van der Waals surface area contributed by atoms with Crippen LogP contribution in [0.15, 0.2) is 11.1 Å². The van der Waals surface area contributed by atoms with Crippen molar-refractivity contribution in [2.75, 3.05) is 27.8 Å². The standard InChI is InChI=1S/C19H30O7/c1-10-13(20)6-12-15(10)17-16(11(2)18(21)26-17)14(24-8-22-4)7-19(12,3)25-9-23-5/h10,12-15,17,20H,6-9H2,1-5H3/t10-,12-,13+,14-,15+,17-,19-/m0/s1. The second-order valence-corrected chi connectivity index (χ2v) is 7.88. The van der Waals surface area contributed by atoms with Crippen LogP contribution in [-0.2, 0) is 28.5 Å². The van der Waals surface area contributed by atoms with Crippen LogP contribution in [0.2, 0.25) is 0 Å². The summed E-state index contributed by atoms with van der Waals surface area (Å²) in [6.45, 7) is 6.11. The molecule has 0 radical (unpaired) electrons. The zero-order valence-electron chi connectivity index (χ0n) is 16.2. The van der Waals surface area contributed by atoms with Crippen LogP contribution < -0.4 is 0 Å². The monoisotopic (exact) mass is 370 g/mol. The number of aliphatic hydroxyl groups excluding tert-OH is 1. The fourth-order valence-electron chi connectivity index (χ4n) is 4.99. The van der Waals surface area contributed by atoms with Gasteiger partial charge in [-0.2, -0.15) is 0 Å². The molecule has 0 amide bonds. The molecule has 3 rings (SSSR count). The number of fused-ring (bicyclic) bond motifs is 3. The Morgan fingerprint density at radius 3 is 2.62 bits per heavy atom. The van der Waals surface area contributed by atoms with Crippen LogP contribution in [0, 0.1) is 17.8 Å². The van der Waals surface area contributed by atoms with Crippen LogP contribution in [0.1, 0.15) is 33.6 Å². The molecule has 1 N–H and O–H groups in total. The van der Waals surface area contributed by atoms with Crippen molar-refractivity contribution in [2.24, 2.45) is 17.8 Å². The maximum atomic E-state index is 12.3. The highest BCUT2D eigenvalue weighted by Crippen LogP contribution is 2.54. The number of rotatable bonds is 6. The van der Waals surface area contributed by atoms with E-state index in [2.05, 4.69) is 0 Å². The Morgan fingerprint density at radius 1 is 1.27 bits per heavy atom. The smallest absolute Gasteiger partial charge is 0.334 e. The van der Waals surface area contributed by atoms with Crippen LogP contribution in [0.25, 0.3) is 0 Å². The first-order valence-corrected chi connectivity index (χ1v) is 9.17. The van der Waals surface area contributed by atoms with Gasteiger partial charge in [-0.25, -0.2) is 4.79 Å². The lowest BCUT2D eigenvalue weighted by atomic mass is 9.77. The molecule has 2 saturated carbocycles. The fraction of sp³-hybridized carbons (Fsp3) is 0.842. The summed E-state index contributed by atoms with van der Waals surface area (Å²) in [7, 11) is 3.16. The third kappa shape index (κ3) is 3.20. The van der Waals surface area contributed by atoms with Crippen LogP contribution in [-0.4, -0.2) is 62.8 Å². The molecular formula is C19H30O7. The summed E-state index contributed by atoms with van der Waals surface area (Å²) in [5, 5.41) is 10.5. The summed E-state index contributed by atoms with van der Waals surface area (Å²) in [5.74, 6) is -0.313. The van der Waals surface area contributed by atoms with Gasteiger partial charge in [0.25, 0.3) is 0 Å². The number of hydrogen-bond acceptors (Lipinski definition) is 7. The molecule has 0 aromatic heterocycles. The first kappa shape index (κ1) is 19.8. The van der Waals surface area contributed by atoms with Gasteiger partial charge < -0.3 is 28.8 Å². The minimum atomic E-state index is -0.575. The summed E-state index contributed by atoms with van der Waals surface area (Å²) in [6.07, 6.45) is -0.0470. The molecule has 7 heteroatoms. The van der Waals surface area contributed by atoms with Crippen molar-refractivity contribution in [3.05, 3.63) is 11.1 Å². The van der Waals surface area contributed by atoms with Crippen molar-refractivity contribution in [3.63, 3.8) is 0 Å². The van der Waals surface area contributed by atoms with Gasteiger partial charge in [0.1, 0.15) is 19.7 Å². The predicted molar refractivity (Wildman–Crippen MR) is 92.1 cm³/mol. The largest absolute Gasteiger partial charge is 0.454 e. The maximum Gasteiger partial charge on any atom is 0.334 e. The zero-order chi connectivity index (χ0) is 19.1. The highest BCUT2D eigenvalue weighted by molar-refractivity contribution is 5.92. The van der Waals surface area contributed by atoms with E-state index in [9.17, 15) is 9.90 Å². The Bertz CT molecular complexity index is 574. The second kappa shape index (κ2) is 7.56. The minimum Gasteiger partial charge on any atom is -0.454 e. The van der Waals surface area contributed by atoms with Gasteiger partial charge in [0.05, 0.1) is 17.8 Å². The van der Waals surface area contributed by atoms with Crippen molar-refractivity contribution in [2.45, 2.75) is 57.5 Å². The predicted octanol–water partition coefficient (Wildman–Crippen LogP) is 1.63. The van der Waals surface area contributed by atoms with E-state index in [1.54, 1.807) is 21.1 Å². The Labute approximate surface area is 154 Å². The molecular weight excluding hydrogens is 340 g/mol. The number of carbonyl (C=O) groups excluding carboxylic acids is 1. The van der Waals surface area contributed by atoms with E-state index >= 15 is 0 Å². The molecule has 1 aliphatic heterocycles. The summed E-state index contributed by atoms with van der Waals surface area (Å²) in [5.41, 5.74) is 0.890. The van der Waals surface area contributed by atoms with Gasteiger partial charge in [-0.3, -0.25) is 0 Å². The summed E-state index contributed by atoms with van der Waals surface area (Å²) < 4.78 is 28.1. The minimum absolute atomic E-state index is 0.00894. The number of methoxy groups -OCH3 is 2. The van der Waals surface area contributed by atoms with Crippen molar-refractivity contribution in [1.29, 1.82) is 0 Å². The Morgan fingerprint density at radius 2 is 1.96 bits per heavy atom. The maximum absolute atomic E-state index is 12.3. The number of carbonyl (C=O) groups is 1. The highest BCUT2D eigenvalue weighted by Gasteiger charge is 2.59. The van der Waals surface area contributed by atoms with E-state index in [1.807, 2.05) is 13.8 Å². The normalized spacial score (nSPS) is 42.5. The molecule has 0 aromatic rings. The molecule has 0 spiro atoms. The van der Waals surface area contributed by atoms with Gasteiger partial charge in [-0.15, -0.1) is 0 Å². The molecule has 0 bridgehead atoms. The molecule has 26 heavy (non-hydrogen) atoms. The lowest BCUT2D eigenvalue weighted by molar-refractivity contribution is -0.174. The first-order valence-electron chi connectivity index (χ1n) is 9.17. The molecule has 7 nitrogen and oxygen atoms in total.